The molecule has 1 aromatic carbocycles. The minimum Gasteiger partial charge on any atom is -0.454 e. The molecule has 1 aliphatic rings. The van der Waals surface area contributed by atoms with Gasteiger partial charge in [-0.2, -0.15) is 0 Å². The molecule has 0 spiro atoms. The van der Waals surface area contributed by atoms with E-state index in [4.69, 9.17) is 4.74 Å². The number of hydrogen-bond donors (Lipinski definition) is 0. The van der Waals surface area contributed by atoms with Gasteiger partial charge in [0.2, 0.25) is 0 Å². The monoisotopic (exact) mass is 435 g/mol. The number of ether oxygens (including phenoxy) is 1. The van der Waals surface area contributed by atoms with Crippen molar-refractivity contribution >= 4 is 32.6 Å². The van der Waals surface area contributed by atoms with E-state index in [9.17, 15) is 22.8 Å². The van der Waals surface area contributed by atoms with Gasteiger partial charge in [0, 0.05) is 12.6 Å². The highest BCUT2D eigenvalue weighted by atomic mass is 32.2. The maximum atomic E-state index is 12.6. The minimum absolute atomic E-state index is 0.0528. The zero-order valence-electron chi connectivity index (χ0n) is 17.0. The largest absolute Gasteiger partial charge is 0.454 e. The van der Waals surface area contributed by atoms with Crippen LogP contribution in [-0.4, -0.2) is 65.4 Å². The Morgan fingerprint density at radius 1 is 1.30 bits per heavy atom. The smallest absolute Gasteiger partial charge is 0.326 e. The molecule has 1 aromatic heterocycles. The summed E-state index contributed by atoms with van der Waals surface area (Å²) < 4.78 is 29.8. The molecular weight excluding hydrogens is 410 g/mol. The van der Waals surface area contributed by atoms with Crippen molar-refractivity contribution in [3.05, 3.63) is 40.9 Å². The van der Waals surface area contributed by atoms with E-state index >= 15 is 0 Å². The van der Waals surface area contributed by atoms with E-state index in [1.54, 1.807) is 24.3 Å². The Morgan fingerprint density at radius 2 is 2.03 bits per heavy atom. The number of aromatic nitrogens is 2. The normalized spacial score (nSPS) is 17.9. The molecule has 9 nitrogen and oxygen atoms in total. The molecule has 1 aliphatic heterocycles. The number of sulfone groups is 1. The highest BCUT2D eigenvalue weighted by molar-refractivity contribution is 7.91. The summed E-state index contributed by atoms with van der Waals surface area (Å²) in [7, 11) is -3.15. The highest BCUT2D eigenvalue weighted by Crippen LogP contribution is 2.19. The van der Waals surface area contributed by atoms with Crippen molar-refractivity contribution in [3.8, 4) is 0 Å². The maximum Gasteiger partial charge on any atom is 0.326 e. The van der Waals surface area contributed by atoms with Crippen LogP contribution < -0.4 is 5.56 Å². The summed E-state index contributed by atoms with van der Waals surface area (Å²) in [5.41, 5.74) is 0.152. The van der Waals surface area contributed by atoms with Crippen LogP contribution in [0.2, 0.25) is 0 Å². The number of hydrogen-bond acceptors (Lipinski definition) is 7. The van der Waals surface area contributed by atoms with Crippen molar-refractivity contribution in [1.29, 1.82) is 0 Å². The number of carbonyl (C=O) groups is 2. The lowest BCUT2D eigenvalue weighted by molar-refractivity contribution is -0.153. The molecule has 3 rings (SSSR count). The summed E-state index contributed by atoms with van der Waals surface area (Å²) in [5, 5.41) is 0.384. The fourth-order valence-corrected chi connectivity index (χ4v) is 5.23. The first-order valence-corrected chi connectivity index (χ1v) is 11.6. The second-order valence-electron chi connectivity index (χ2n) is 7.85. The van der Waals surface area contributed by atoms with Crippen LogP contribution in [-0.2, 0) is 30.7 Å². The highest BCUT2D eigenvalue weighted by Gasteiger charge is 2.35. The predicted molar refractivity (Wildman–Crippen MR) is 111 cm³/mol. The Kier molecular flexibility index (Phi) is 6.55. The van der Waals surface area contributed by atoms with E-state index in [1.165, 1.54) is 11.2 Å². The molecule has 10 heteroatoms. The molecule has 1 saturated heterocycles. The Morgan fingerprint density at radius 3 is 2.70 bits per heavy atom. The third-order valence-electron chi connectivity index (χ3n) is 4.92. The third-order valence-corrected chi connectivity index (χ3v) is 6.67. The number of amides is 1. The van der Waals surface area contributed by atoms with E-state index in [2.05, 4.69) is 4.98 Å². The molecule has 1 amide bonds. The van der Waals surface area contributed by atoms with Gasteiger partial charge in [0.15, 0.2) is 16.4 Å². The standard InChI is InChI=1S/C20H25N3O6S/c1-14(2)9-23(15-7-8-30(27,28)12-15)18(24)11-29-19(25)10-22-13-21-17-6-4-3-5-16(17)20(22)26/h3-6,13-15H,7-12H2,1-2H3/t15-/m1/s1. The van der Waals surface area contributed by atoms with Crippen LogP contribution in [0.1, 0.15) is 20.3 Å². The van der Waals surface area contributed by atoms with Gasteiger partial charge in [-0.15, -0.1) is 0 Å². The first-order chi connectivity index (χ1) is 14.2. The van der Waals surface area contributed by atoms with Crippen LogP contribution in [0.5, 0.6) is 0 Å². The number of para-hydroxylation sites is 1. The van der Waals surface area contributed by atoms with Gasteiger partial charge in [-0.3, -0.25) is 19.0 Å². The molecule has 2 heterocycles. The molecule has 0 bridgehead atoms. The van der Waals surface area contributed by atoms with E-state index < -0.39 is 34.4 Å². The Bertz CT molecular complexity index is 1110. The number of nitrogens with zero attached hydrogens (tertiary/aromatic N) is 3. The Balaban J connectivity index is 1.63. The molecule has 0 N–H and O–H groups in total. The molecule has 0 radical (unpaired) electrons. The number of benzene rings is 1. The summed E-state index contributed by atoms with van der Waals surface area (Å²) in [4.78, 5) is 42.9. The molecule has 0 aliphatic carbocycles. The Labute approximate surface area is 174 Å². The average molecular weight is 436 g/mol. The lowest BCUT2D eigenvalue weighted by atomic mass is 10.1. The van der Waals surface area contributed by atoms with E-state index in [1.807, 2.05) is 13.8 Å². The summed E-state index contributed by atoms with van der Waals surface area (Å²) in [6, 6.07) is 6.38. The summed E-state index contributed by atoms with van der Waals surface area (Å²) >= 11 is 0. The van der Waals surface area contributed by atoms with Crippen molar-refractivity contribution in [2.24, 2.45) is 5.92 Å². The number of fused-ring (bicyclic) bond motifs is 1. The van der Waals surface area contributed by atoms with Crippen LogP contribution in [0.3, 0.4) is 0 Å². The topological polar surface area (TPSA) is 116 Å². The van der Waals surface area contributed by atoms with Crippen molar-refractivity contribution in [2.45, 2.75) is 32.9 Å². The van der Waals surface area contributed by atoms with Gasteiger partial charge in [-0.1, -0.05) is 26.0 Å². The van der Waals surface area contributed by atoms with Crippen LogP contribution in [0.25, 0.3) is 10.9 Å². The summed E-state index contributed by atoms with van der Waals surface area (Å²) in [5.74, 6) is -1.07. The predicted octanol–water partition coefficient (Wildman–Crippen LogP) is 0.611. The molecule has 0 saturated carbocycles. The lowest BCUT2D eigenvalue weighted by Crippen LogP contribution is -2.45. The number of esters is 1. The lowest BCUT2D eigenvalue weighted by Gasteiger charge is -2.29. The number of carbonyl (C=O) groups excluding carboxylic acids is 2. The quantitative estimate of drug-likeness (QED) is 0.585. The Hall–Kier alpha value is -2.75. The summed E-state index contributed by atoms with van der Waals surface area (Å²) in [6.07, 6.45) is 1.65. The van der Waals surface area contributed by atoms with Gasteiger partial charge in [-0.25, -0.2) is 13.4 Å². The van der Waals surface area contributed by atoms with Crippen molar-refractivity contribution in [1.82, 2.24) is 14.5 Å². The van der Waals surface area contributed by atoms with Crippen molar-refractivity contribution < 1.29 is 22.7 Å². The van der Waals surface area contributed by atoms with Crippen molar-refractivity contribution in [3.63, 3.8) is 0 Å². The van der Waals surface area contributed by atoms with E-state index in [0.717, 1.165) is 4.57 Å². The zero-order chi connectivity index (χ0) is 21.9. The molecule has 30 heavy (non-hydrogen) atoms. The van der Waals surface area contributed by atoms with Gasteiger partial charge in [0.05, 0.1) is 28.7 Å². The van der Waals surface area contributed by atoms with Crippen LogP contribution in [0.4, 0.5) is 0 Å². The molecule has 1 atom stereocenters. The van der Waals surface area contributed by atoms with Gasteiger partial charge < -0.3 is 9.64 Å². The van der Waals surface area contributed by atoms with E-state index in [0.29, 0.717) is 23.9 Å². The minimum atomic E-state index is -3.15. The first-order valence-electron chi connectivity index (χ1n) is 9.76. The zero-order valence-corrected chi connectivity index (χ0v) is 17.8. The van der Waals surface area contributed by atoms with Crippen molar-refractivity contribution in [2.75, 3.05) is 24.7 Å². The fraction of sp³-hybridized carbons (Fsp3) is 0.500. The van der Waals surface area contributed by atoms with Gasteiger partial charge in [-0.05, 0) is 24.5 Å². The molecule has 0 unspecified atom stereocenters. The third kappa shape index (κ3) is 5.24. The molecule has 162 valence electrons. The second kappa shape index (κ2) is 8.95. The van der Waals surface area contributed by atoms with Crippen LogP contribution in [0, 0.1) is 5.92 Å². The van der Waals surface area contributed by atoms with Gasteiger partial charge in [0.1, 0.15) is 6.54 Å². The first kappa shape index (κ1) is 21.9. The van der Waals surface area contributed by atoms with Crippen LogP contribution >= 0.6 is 0 Å². The second-order valence-corrected chi connectivity index (χ2v) is 10.1. The van der Waals surface area contributed by atoms with Gasteiger partial charge >= 0.3 is 5.97 Å². The summed E-state index contributed by atoms with van der Waals surface area (Å²) in [6.45, 7) is 3.36. The molecule has 1 fully saturated rings. The van der Waals surface area contributed by atoms with Gasteiger partial charge in [0.25, 0.3) is 11.5 Å². The number of rotatable bonds is 7. The average Bonchev–Trinajstić information content (AvgIpc) is 3.06. The van der Waals surface area contributed by atoms with E-state index in [-0.39, 0.29) is 29.5 Å². The van der Waals surface area contributed by atoms with Crippen LogP contribution in [0.15, 0.2) is 35.4 Å². The molecular formula is C20H25N3O6S. The molecule has 2 aromatic rings. The maximum absolute atomic E-state index is 12.6. The fourth-order valence-electron chi connectivity index (χ4n) is 3.50. The SMILES string of the molecule is CC(C)CN(C(=O)COC(=O)Cn1cnc2ccccc2c1=O)[C@@H]1CCS(=O)(=O)C1.